The Morgan fingerprint density at radius 3 is 2.70 bits per heavy atom. The highest BCUT2D eigenvalue weighted by Crippen LogP contribution is 2.35. The highest BCUT2D eigenvalue weighted by molar-refractivity contribution is 7.99. The van der Waals surface area contributed by atoms with Gasteiger partial charge in [0.1, 0.15) is 5.00 Å². The van der Waals surface area contributed by atoms with Crippen molar-refractivity contribution in [2.24, 2.45) is 0 Å². The third-order valence-electron chi connectivity index (χ3n) is 4.49. The summed E-state index contributed by atoms with van der Waals surface area (Å²) >= 11 is 3.82. The maximum Gasteiger partial charge on any atom is 0.341 e. The minimum atomic E-state index is -0.615. The Labute approximate surface area is 203 Å². The number of hydrogen-bond donors (Lipinski definition) is 1. The molecule has 3 rings (SSSR count). The lowest BCUT2D eigenvalue weighted by Gasteiger charge is -2.08. The molecule has 0 saturated heterocycles. The first-order valence-electron chi connectivity index (χ1n) is 9.72. The number of thioether (sulfide) groups is 1. The summed E-state index contributed by atoms with van der Waals surface area (Å²) in [7, 11) is 4.50. The van der Waals surface area contributed by atoms with Gasteiger partial charge in [-0.05, 0) is 23.9 Å². The van der Waals surface area contributed by atoms with Gasteiger partial charge in [-0.2, -0.15) is 0 Å². The van der Waals surface area contributed by atoms with E-state index < -0.39 is 5.97 Å². The molecular weight excluding hydrogens is 482 g/mol. The van der Waals surface area contributed by atoms with Crippen molar-refractivity contribution in [3.63, 3.8) is 0 Å². The largest absolute Gasteiger partial charge is 0.465 e. The van der Waals surface area contributed by atoms with Gasteiger partial charge in [-0.3, -0.25) is 14.2 Å². The number of allylic oxidation sites excluding steroid dienone is 1. The van der Waals surface area contributed by atoms with Gasteiger partial charge >= 0.3 is 5.97 Å². The molecule has 9 nitrogen and oxygen atoms in total. The van der Waals surface area contributed by atoms with Gasteiger partial charge in [0.05, 0.1) is 28.2 Å². The Morgan fingerprint density at radius 2 is 2.09 bits per heavy atom. The molecule has 0 atom stereocenters. The second kappa shape index (κ2) is 10.8. The van der Waals surface area contributed by atoms with Gasteiger partial charge in [0.2, 0.25) is 5.91 Å². The summed E-state index contributed by atoms with van der Waals surface area (Å²) in [5.74, 6) is -0.469. The molecule has 0 aliphatic rings. The Kier molecular flexibility index (Phi) is 8.06. The fourth-order valence-corrected chi connectivity index (χ4v) is 5.62. The Balaban J connectivity index is 1.79. The maximum absolute atomic E-state index is 12.7. The number of anilines is 1. The maximum atomic E-state index is 12.7. The number of carbonyl (C=O) groups is 3. The predicted octanol–water partition coefficient (Wildman–Crippen LogP) is 3.78. The standard InChI is InChI=1S/C21H23N5O4S3/c1-6-9-26-17(13-8-7-10-31-13)23-24-21(26)32-11-14(27)22-18-15(20(29)30-5)12(2)16(33-18)19(28)25(3)4/h6-8,10H,1,9,11H2,2-5H3,(H,22,27). The van der Waals surface area contributed by atoms with Crippen molar-refractivity contribution in [3.05, 3.63) is 46.2 Å². The molecule has 0 radical (unpaired) electrons. The topological polar surface area (TPSA) is 106 Å². The van der Waals surface area contributed by atoms with Crippen LogP contribution in [0.25, 0.3) is 10.7 Å². The van der Waals surface area contributed by atoms with Crippen LogP contribution in [0, 0.1) is 6.92 Å². The minimum absolute atomic E-state index is 0.0359. The van der Waals surface area contributed by atoms with Gasteiger partial charge in [-0.15, -0.1) is 39.4 Å². The summed E-state index contributed by atoms with van der Waals surface area (Å²) in [4.78, 5) is 40.3. The quantitative estimate of drug-likeness (QED) is 0.268. The van der Waals surface area contributed by atoms with E-state index in [1.165, 1.54) is 23.8 Å². The summed E-state index contributed by atoms with van der Waals surface area (Å²) in [6, 6.07) is 3.89. The Bertz CT molecular complexity index is 1180. The van der Waals surface area contributed by atoms with Crippen LogP contribution in [0.2, 0.25) is 0 Å². The first kappa shape index (κ1) is 24.7. The number of nitrogens with one attached hydrogen (secondary N) is 1. The summed E-state index contributed by atoms with van der Waals surface area (Å²) < 4.78 is 6.75. The lowest BCUT2D eigenvalue weighted by molar-refractivity contribution is -0.113. The molecule has 1 N–H and O–H groups in total. The SMILES string of the molecule is C=CCn1c(SCC(=O)Nc2sc(C(=O)N(C)C)c(C)c2C(=O)OC)nnc1-c1cccs1. The third-order valence-corrected chi connectivity index (χ3v) is 7.52. The molecule has 0 unspecified atom stereocenters. The second-order valence-corrected chi connectivity index (χ2v) is 9.88. The van der Waals surface area contributed by atoms with Crippen molar-refractivity contribution < 1.29 is 19.1 Å². The van der Waals surface area contributed by atoms with Crippen LogP contribution in [0.3, 0.4) is 0 Å². The molecule has 3 aromatic rings. The van der Waals surface area contributed by atoms with Gasteiger partial charge in [-0.1, -0.05) is 23.9 Å². The molecule has 0 bridgehead atoms. The number of esters is 1. The van der Waals surface area contributed by atoms with E-state index in [0.717, 1.165) is 16.2 Å². The van der Waals surface area contributed by atoms with Crippen LogP contribution in [0.1, 0.15) is 25.6 Å². The van der Waals surface area contributed by atoms with E-state index in [1.54, 1.807) is 38.4 Å². The summed E-state index contributed by atoms with van der Waals surface area (Å²) in [6.45, 7) is 5.94. The Hall–Kier alpha value is -2.96. The lowest BCUT2D eigenvalue weighted by Crippen LogP contribution is -2.21. The number of rotatable bonds is 9. The van der Waals surface area contributed by atoms with E-state index in [9.17, 15) is 14.4 Å². The number of methoxy groups -OCH3 is 1. The van der Waals surface area contributed by atoms with E-state index in [1.807, 2.05) is 22.1 Å². The van der Waals surface area contributed by atoms with Gasteiger partial charge in [0.15, 0.2) is 11.0 Å². The average Bonchev–Trinajstić information content (AvgIpc) is 3.51. The summed E-state index contributed by atoms with van der Waals surface area (Å²) in [6.07, 6.45) is 1.74. The van der Waals surface area contributed by atoms with Crippen molar-refractivity contribution in [2.75, 3.05) is 32.3 Å². The van der Waals surface area contributed by atoms with Crippen LogP contribution in [0.4, 0.5) is 5.00 Å². The average molecular weight is 506 g/mol. The predicted molar refractivity (Wildman–Crippen MR) is 131 cm³/mol. The fraction of sp³-hybridized carbons (Fsp3) is 0.286. The second-order valence-electron chi connectivity index (χ2n) is 6.97. The van der Waals surface area contributed by atoms with Crippen LogP contribution in [-0.2, 0) is 16.1 Å². The van der Waals surface area contributed by atoms with E-state index in [0.29, 0.717) is 28.0 Å². The minimum Gasteiger partial charge on any atom is -0.465 e. The van der Waals surface area contributed by atoms with E-state index in [2.05, 4.69) is 22.1 Å². The molecule has 0 aliphatic carbocycles. The molecule has 2 amide bonds. The first-order valence-corrected chi connectivity index (χ1v) is 12.4. The molecule has 0 fully saturated rings. The molecule has 0 aromatic carbocycles. The molecule has 0 saturated carbocycles. The van der Waals surface area contributed by atoms with Crippen molar-refractivity contribution in [1.82, 2.24) is 19.7 Å². The third kappa shape index (κ3) is 5.34. The number of carbonyl (C=O) groups excluding carboxylic acids is 3. The van der Waals surface area contributed by atoms with Crippen LogP contribution in [-0.4, -0.2) is 64.4 Å². The summed E-state index contributed by atoms with van der Waals surface area (Å²) in [5.41, 5.74) is 0.653. The number of ether oxygens (including phenoxy) is 1. The van der Waals surface area contributed by atoms with Crippen molar-refractivity contribution >= 4 is 57.2 Å². The van der Waals surface area contributed by atoms with Crippen LogP contribution in [0.5, 0.6) is 0 Å². The van der Waals surface area contributed by atoms with Gasteiger partial charge in [0.25, 0.3) is 5.91 Å². The molecule has 0 aliphatic heterocycles. The smallest absolute Gasteiger partial charge is 0.341 e. The van der Waals surface area contributed by atoms with Crippen molar-refractivity contribution in [1.29, 1.82) is 0 Å². The molecule has 174 valence electrons. The highest BCUT2D eigenvalue weighted by atomic mass is 32.2. The zero-order valence-electron chi connectivity index (χ0n) is 18.6. The lowest BCUT2D eigenvalue weighted by atomic mass is 10.1. The highest BCUT2D eigenvalue weighted by Gasteiger charge is 2.27. The first-order chi connectivity index (χ1) is 15.8. The fourth-order valence-electron chi connectivity index (χ4n) is 2.93. The molecule has 33 heavy (non-hydrogen) atoms. The van der Waals surface area contributed by atoms with E-state index in [4.69, 9.17) is 4.74 Å². The van der Waals surface area contributed by atoms with Gasteiger partial charge < -0.3 is 15.0 Å². The Morgan fingerprint density at radius 1 is 1.33 bits per heavy atom. The molecule has 0 spiro atoms. The molecular formula is C21H23N5O4S3. The van der Waals surface area contributed by atoms with Gasteiger partial charge in [-0.25, -0.2) is 4.79 Å². The van der Waals surface area contributed by atoms with E-state index >= 15 is 0 Å². The number of hydrogen-bond acceptors (Lipinski definition) is 9. The normalized spacial score (nSPS) is 10.7. The number of thiophene rings is 2. The van der Waals surface area contributed by atoms with Crippen LogP contribution < -0.4 is 5.32 Å². The monoisotopic (exact) mass is 505 g/mol. The molecule has 3 aromatic heterocycles. The van der Waals surface area contributed by atoms with Crippen molar-refractivity contribution in [2.45, 2.75) is 18.6 Å². The number of amides is 2. The molecule has 3 heterocycles. The number of aromatic nitrogens is 3. The van der Waals surface area contributed by atoms with Gasteiger partial charge in [0, 0.05) is 20.6 Å². The van der Waals surface area contributed by atoms with Crippen LogP contribution >= 0.6 is 34.4 Å². The van der Waals surface area contributed by atoms with Crippen LogP contribution in [0.15, 0.2) is 35.3 Å². The number of nitrogens with zero attached hydrogens (tertiary/aromatic N) is 4. The summed E-state index contributed by atoms with van der Waals surface area (Å²) in [5, 5.41) is 14.0. The van der Waals surface area contributed by atoms with E-state index in [-0.39, 0.29) is 28.1 Å². The molecule has 12 heteroatoms. The zero-order valence-corrected chi connectivity index (χ0v) is 21.0. The zero-order chi connectivity index (χ0) is 24.1. The van der Waals surface area contributed by atoms with Crippen molar-refractivity contribution in [3.8, 4) is 10.7 Å².